The number of methoxy groups -OCH3 is 2. The molecular formula is C27H26ClN3O5S2. The number of ether oxygens (including phenoxy) is 2. The first-order valence-electron chi connectivity index (χ1n) is 11.5. The summed E-state index contributed by atoms with van der Waals surface area (Å²) in [5.41, 5.74) is 3.06. The highest BCUT2D eigenvalue weighted by molar-refractivity contribution is 7.93. The molecule has 0 saturated heterocycles. The first kappa shape index (κ1) is 27.4. The van der Waals surface area contributed by atoms with Gasteiger partial charge in [-0.05, 0) is 61.9 Å². The molecule has 3 aromatic carbocycles. The summed E-state index contributed by atoms with van der Waals surface area (Å²) in [5, 5.41) is 5.87. The number of carbonyl (C=O) groups excluding carboxylic acids is 1. The Bertz CT molecular complexity index is 1590. The molecule has 198 valence electrons. The second-order valence-electron chi connectivity index (χ2n) is 8.37. The van der Waals surface area contributed by atoms with Crippen LogP contribution in [0.3, 0.4) is 0 Å². The third-order valence-electron chi connectivity index (χ3n) is 5.66. The highest BCUT2D eigenvalue weighted by Crippen LogP contribution is 2.35. The largest absolute Gasteiger partial charge is 0.495 e. The predicted molar refractivity (Wildman–Crippen MR) is 151 cm³/mol. The molecule has 0 aliphatic heterocycles. The molecule has 4 aromatic rings. The number of nitrogens with zero attached hydrogens (tertiary/aromatic N) is 2. The number of sulfonamides is 1. The van der Waals surface area contributed by atoms with E-state index in [2.05, 4.69) is 10.3 Å². The van der Waals surface area contributed by atoms with Crippen LogP contribution in [0.2, 0.25) is 5.02 Å². The van der Waals surface area contributed by atoms with Crippen LogP contribution in [0.5, 0.6) is 11.5 Å². The molecule has 1 N–H and O–H groups in total. The minimum absolute atomic E-state index is 0.0689. The number of rotatable bonds is 9. The Balaban J connectivity index is 1.70. The van der Waals surface area contributed by atoms with Gasteiger partial charge in [-0.25, -0.2) is 13.4 Å². The van der Waals surface area contributed by atoms with Crippen LogP contribution in [0.1, 0.15) is 10.6 Å². The number of halogens is 1. The van der Waals surface area contributed by atoms with Crippen molar-refractivity contribution in [2.45, 2.75) is 18.7 Å². The van der Waals surface area contributed by atoms with Gasteiger partial charge in [0.25, 0.3) is 10.0 Å². The van der Waals surface area contributed by atoms with E-state index in [0.717, 1.165) is 26.1 Å². The Hall–Kier alpha value is -3.60. The SMILES string of the molecule is COc1ccc(N(CC(=O)Nc2cccc(-c3csc(C)n3)c2)S(=O)(=O)c2cc(C)ccc2OC)cc1Cl. The highest BCUT2D eigenvalue weighted by Gasteiger charge is 2.31. The number of benzene rings is 3. The van der Waals surface area contributed by atoms with E-state index in [4.69, 9.17) is 21.1 Å². The number of hydrogen-bond donors (Lipinski definition) is 1. The van der Waals surface area contributed by atoms with Crippen LogP contribution in [0.25, 0.3) is 11.3 Å². The average molecular weight is 572 g/mol. The van der Waals surface area contributed by atoms with E-state index in [1.165, 1.54) is 43.8 Å². The summed E-state index contributed by atoms with van der Waals surface area (Å²) >= 11 is 7.85. The number of carbonyl (C=O) groups is 1. The van der Waals surface area contributed by atoms with Crippen LogP contribution < -0.4 is 19.1 Å². The summed E-state index contributed by atoms with van der Waals surface area (Å²) in [4.78, 5) is 17.7. The molecule has 0 fully saturated rings. The highest BCUT2D eigenvalue weighted by atomic mass is 35.5. The molecule has 38 heavy (non-hydrogen) atoms. The molecule has 0 atom stereocenters. The van der Waals surface area contributed by atoms with Crippen molar-refractivity contribution in [2.75, 3.05) is 30.4 Å². The fourth-order valence-electron chi connectivity index (χ4n) is 3.81. The molecule has 0 aliphatic rings. The van der Waals surface area contributed by atoms with Gasteiger partial charge in [-0.3, -0.25) is 9.10 Å². The maximum atomic E-state index is 13.9. The number of hydrogen-bond acceptors (Lipinski definition) is 7. The zero-order chi connectivity index (χ0) is 27.4. The lowest BCUT2D eigenvalue weighted by Crippen LogP contribution is -2.38. The zero-order valence-electron chi connectivity index (χ0n) is 21.2. The Labute approximate surface area is 230 Å². The minimum atomic E-state index is -4.25. The second kappa shape index (κ2) is 11.4. The predicted octanol–water partition coefficient (Wildman–Crippen LogP) is 5.93. The Morgan fingerprint density at radius 3 is 2.42 bits per heavy atom. The fourth-order valence-corrected chi connectivity index (χ4v) is 6.34. The van der Waals surface area contributed by atoms with Crippen LogP contribution >= 0.6 is 22.9 Å². The first-order valence-corrected chi connectivity index (χ1v) is 14.2. The van der Waals surface area contributed by atoms with Crippen LogP contribution in [0, 0.1) is 13.8 Å². The van der Waals surface area contributed by atoms with E-state index in [1.54, 1.807) is 43.3 Å². The van der Waals surface area contributed by atoms with Gasteiger partial charge >= 0.3 is 0 Å². The number of amides is 1. The van der Waals surface area contributed by atoms with E-state index in [9.17, 15) is 13.2 Å². The maximum absolute atomic E-state index is 13.9. The number of aromatic nitrogens is 1. The van der Waals surface area contributed by atoms with Crippen molar-refractivity contribution in [3.63, 3.8) is 0 Å². The van der Waals surface area contributed by atoms with Crippen molar-refractivity contribution in [3.05, 3.63) is 81.6 Å². The van der Waals surface area contributed by atoms with Gasteiger partial charge in [0.2, 0.25) is 5.91 Å². The molecule has 11 heteroatoms. The summed E-state index contributed by atoms with van der Waals surface area (Å²) in [5.74, 6) is -0.00920. The standard InChI is InChI=1S/C27H26ClN3O5S2/c1-17-8-10-25(36-4)26(12-17)38(33,34)31(21-9-11-24(35-3)22(28)14-21)15-27(32)30-20-7-5-6-19(13-20)23-16-37-18(2)29-23/h5-14,16H,15H2,1-4H3,(H,30,32). The average Bonchev–Trinajstić information content (AvgIpc) is 3.33. The van der Waals surface area contributed by atoms with Crippen molar-refractivity contribution < 1.29 is 22.7 Å². The van der Waals surface area contributed by atoms with Crippen molar-refractivity contribution >= 4 is 50.2 Å². The molecule has 1 heterocycles. The topological polar surface area (TPSA) is 97.8 Å². The normalized spacial score (nSPS) is 11.2. The maximum Gasteiger partial charge on any atom is 0.268 e. The lowest BCUT2D eigenvalue weighted by atomic mass is 10.1. The van der Waals surface area contributed by atoms with Gasteiger partial charge in [-0.15, -0.1) is 11.3 Å². The van der Waals surface area contributed by atoms with Crippen LogP contribution in [0.4, 0.5) is 11.4 Å². The van der Waals surface area contributed by atoms with Gasteiger partial charge in [0, 0.05) is 16.6 Å². The van der Waals surface area contributed by atoms with Crippen LogP contribution in [-0.2, 0) is 14.8 Å². The summed E-state index contributed by atoms with van der Waals surface area (Å²) in [6, 6.07) is 16.6. The van der Waals surface area contributed by atoms with E-state index >= 15 is 0 Å². The second-order valence-corrected chi connectivity index (χ2v) is 11.7. The lowest BCUT2D eigenvalue weighted by molar-refractivity contribution is -0.114. The molecule has 1 aromatic heterocycles. The quantitative estimate of drug-likeness (QED) is 0.267. The van der Waals surface area contributed by atoms with Gasteiger partial charge in [-0.1, -0.05) is 29.8 Å². The van der Waals surface area contributed by atoms with Crippen molar-refractivity contribution in [2.24, 2.45) is 0 Å². The van der Waals surface area contributed by atoms with E-state index in [-0.39, 0.29) is 21.4 Å². The Kier molecular flexibility index (Phi) is 8.25. The van der Waals surface area contributed by atoms with E-state index in [1.807, 2.05) is 18.4 Å². The zero-order valence-corrected chi connectivity index (χ0v) is 23.6. The van der Waals surface area contributed by atoms with Crippen molar-refractivity contribution in [1.29, 1.82) is 0 Å². The van der Waals surface area contributed by atoms with Gasteiger partial charge in [0.1, 0.15) is 22.9 Å². The summed E-state index contributed by atoms with van der Waals surface area (Å²) in [7, 11) is -1.40. The Morgan fingerprint density at radius 1 is 1.03 bits per heavy atom. The van der Waals surface area contributed by atoms with E-state index < -0.39 is 22.5 Å². The van der Waals surface area contributed by atoms with Gasteiger partial charge < -0.3 is 14.8 Å². The number of thiazole rings is 1. The molecule has 0 spiro atoms. The monoisotopic (exact) mass is 571 g/mol. The summed E-state index contributed by atoms with van der Waals surface area (Å²) in [6.45, 7) is 3.18. The summed E-state index contributed by atoms with van der Waals surface area (Å²) in [6.07, 6.45) is 0. The van der Waals surface area contributed by atoms with Gasteiger partial charge in [-0.2, -0.15) is 0 Å². The van der Waals surface area contributed by atoms with Gasteiger partial charge in [0.15, 0.2) is 0 Å². The molecule has 8 nitrogen and oxygen atoms in total. The number of nitrogens with one attached hydrogen (secondary N) is 1. The molecular weight excluding hydrogens is 546 g/mol. The molecule has 0 aliphatic carbocycles. The molecule has 0 bridgehead atoms. The Morgan fingerprint density at radius 2 is 1.76 bits per heavy atom. The van der Waals surface area contributed by atoms with Crippen LogP contribution in [-0.4, -0.2) is 40.1 Å². The van der Waals surface area contributed by atoms with Crippen molar-refractivity contribution in [3.8, 4) is 22.8 Å². The van der Waals surface area contributed by atoms with Crippen LogP contribution in [0.15, 0.2) is 70.9 Å². The molecule has 0 saturated carbocycles. The number of aryl methyl sites for hydroxylation is 2. The first-order chi connectivity index (χ1) is 18.1. The molecule has 1 amide bonds. The molecule has 0 radical (unpaired) electrons. The number of anilines is 2. The fraction of sp³-hybridized carbons (Fsp3) is 0.185. The smallest absolute Gasteiger partial charge is 0.268 e. The summed E-state index contributed by atoms with van der Waals surface area (Å²) < 4.78 is 39.4. The lowest BCUT2D eigenvalue weighted by Gasteiger charge is -2.25. The minimum Gasteiger partial charge on any atom is -0.495 e. The molecule has 4 rings (SSSR count). The third-order valence-corrected chi connectivity index (χ3v) is 8.52. The van der Waals surface area contributed by atoms with Crippen molar-refractivity contribution in [1.82, 2.24) is 4.98 Å². The van der Waals surface area contributed by atoms with Gasteiger partial charge in [0.05, 0.1) is 35.6 Å². The van der Waals surface area contributed by atoms with E-state index in [0.29, 0.717) is 11.4 Å². The molecule has 0 unspecified atom stereocenters. The third kappa shape index (κ3) is 5.93.